The van der Waals surface area contributed by atoms with Gasteiger partial charge in [0.05, 0.1) is 12.2 Å². The highest BCUT2D eigenvalue weighted by Gasteiger charge is 2.34. The predicted octanol–water partition coefficient (Wildman–Crippen LogP) is 3.08. The van der Waals surface area contributed by atoms with Gasteiger partial charge in [0.1, 0.15) is 5.75 Å². The van der Waals surface area contributed by atoms with Crippen molar-refractivity contribution in [3.05, 3.63) is 72.3 Å². The number of rotatable bonds is 10. The molecule has 1 atom stereocenters. The molecule has 2 N–H and O–H groups in total. The summed E-state index contributed by atoms with van der Waals surface area (Å²) < 4.78 is 7.57. The Bertz CT molecular complexity index is 1210. The molecule has 0 radical (unpaired) electrons. The number of aryl methyl sites for hydroxylation is 2. The minimum Gasteiger partial charge on any atom is -0.484 e. The summed E-state index contributed by atoms with van der Waals surface area (Å²) in [6.07, 6.45) is 6.32. The third kappa shape index (κ3) is 6.29. The van der Waals surface area contributed by atoms with E-state index in [-0.39, 0.29) is 36.7 Å². The lowest BCUT2D eigenvalue weighted by Gasteiger charge is -2.17. The molecule has 2 heterocycles. The minimum atomic E-state index is -0.379. The van der Waals surface area contributed by atoms with E-state index >= 15 is 0 Å². The fourth-order valence-corrected chi connectivity index (χ4v) is 4.11. The number of ether oxygens (including phenoxy) is 1. The van der Waals surface area contributed by atoms with E-state index in [1.807, 2.05) is 42.8 Å². The normalized spacial score (nSPS) is 15.1. The molecule has 1 saturated heterocycles. The topological polar surface area (TPSA) is 106 Å². The van der Waals surface area contributed by atoms with Gasteiger partial charge in [-0.1, -0.05) is 12.1 Å². The Morgan fingerprint density at radius 1 is 1.14 bits per heavy atom. The molecule has 0 aliphatic carbocycles. The molecule has 1 fully saturated rings. The number of imidazole rings is 1. The fraction of sp³-hybridized carbons (Fsp3) is 0.333. The van der Waals surface area contributed by atoms with Crippen molar-refractivity contribution in [3.63, 3.8) is 0 Å². The van der Waals surface area contributed by atoms with Crippen LogP contribution in [0.4, 0.5) is 11.4 Å². The highest BCUT2D eigenvalue weighted by molar-refractivity contribution is 6.00. The summed E-state index contributed by atoms with van der Waals surface area (Å²) in [4.78, 5) is 43.0. The maximum absolute atomic E-state index is 12.6. The Kier molecular flexibility index (Phi) is 7.99. The van der Waals surface area contributed by atoms with Crippen LogP contribution in [0.1, 0.15) is 24.0 Å². The molecule has 9 heteroatoms. The first-order valence-electron chi connectivity index (χ1n) is 12.0. The van der Waals surface area contributed by atoms with Gasteiger partial charge in [0.2, 0.25) is 11.8 Å². The molecule has 0 unspecified atom stereocenters. The van der Waals surface area contributed by atoms with Crippen molar-refractivity contribution in [1.82, 2.24) is 14.9 Å². The van der Waals surface area contributed by atoms with Gasteiger partial charge < -0.3 is 24.8 Å². The van der Waals surface area contributed by atoms with E-state index in [0.717, 1.165) is 29.8 Å². The minimum absolute atomic E-state index is 0.0878. The molecule has 4 rings (SSSR count). The van der Waals surface area contributed by atoms with Crippen molar-refractivity contribution in [2.24, 2.45) is 5.92 Å². The van der Waals surface area contributed by atoms with Crippen LogP contribution in [0.3, 0.4) is 0 Å². The summed E-state index contributed by atoms with van der Waals surface area (Å²) in [5.74, 6) is -0.299. The molecule has 2 aromatic carbocycles. The maximum Gasteiger partial charge on any atom is 0.262 e. The van der Waals surface area contributed by atoms with Gasteiger partial charge in [-0.05, 0) is 61.7 Å². The highest BCUT2D eigenvalue weighted by atomic mass is 16.5. The lowest BCUT2D eigenvalue weighted by molar-refractivity contribution is -0.126. The zero-order valence-electron chi connectivity index (χ0n) is 20.6. The van der Waals surface area contributed by atoms with Crippen molar-refractivity contribution in [1.29, 1.82) is 0 Å². The van der Waals surface area contributed by atoms with Crippen molar-refractivity contribution in [2.75, 3.05) is 29.9 Å². The number of aromatic nitrogens is 2. The molecule has 188 valence electrons. The summed E-state index contributed by atoms with van der Waals surface area (Å²) in [7, 11) is 0. The van der Waals surface area contributed by atoms with E-state index in [4.69, 9.17) is 4.74 Å². The van der Waals surface area contributed by atoms with E-state index in [1.54, 1.807) is 41.7 Å². The summed E-state index contributed by atoms with van der Waals surface area (Å²) in [6.45, 7) is 5.49. The zero-order valence-corrected chi connectivity index (χ0v) is 20.6. The van der Waals surface area contributed by atoms with Crippen molar-refractivity contribution in [2.45, 2.75) is 33.2 Å². The number of hydrogen-bond acceptors (Lipinski definition) is 5. The molecule has 9 nitrogen and oxygen atoms in total. The van der Waals surface area contributed by atoms with E-state index in [9.17, 15) is 14.4 Å². The van der Waals surface area contributed by atoms with Crippen molar-refractivity contribution < 1.29 is 19.1 Å². The van der Waals surface area contributed by atoms with Crippen LogP contribution in [0.5, 0.6) is 5.75 Å². The summed E-state index contributed by atoms with van der Waals surface area (Å²) in [5.41, 5.74) is 3.59. The van der Waals surface area contributed by atoms with E-state index in [0.29, 0.717) is 24.5 Å². The number of carbonyl (C=O) groups excluding carboxylic acids is 3. The van der Waals surface area contributed by atoms with Crippen LogP contribution in [0, 0.1) is 19.8 Å². The maximum atomic E-state index is 12.6. The van der Waals surface area contributed by atoms with Gasteiger partial charge in [-0.2, -0.15) is 0 Å². The number of benzene rings is 2. The fourth-order valence-electron chi connectivity index (χ4n) is 4.11. The quantitative estimate of drug-likeness (QED) is 0.426. The van der Waals surface area contributed by atoms with E-state index < -0.39 is 0 Å². The van der Waals surface area contributed by atoms with Crippen molar-refractivity contribution >= 4 is 29.1 Å². The Morgan fingerprint density at radius 3 is 2.69 bits per heavy atom. The zero-order chi connectivity index (χ0) is 25.5. The molecule has 3 amide bonds. The monoisotopic (exact) mass is 489 g/mol. The average molecular weight is 490 g/mol. The van der Waals surface area contributed by atoms with E-state index in [1.165, 1.54) is 0 Å². The molecule has 1 aliphatic rings. The van der Waals surface area contributed by atoms with Crippen LogP contribution in [-0.4, -0.2) is 47.0 Å². The van der Waals surface area contributed by atoms with Crippen molar-refractivity contribution in [3.8, 4) is 5.75 Å². The standard InChI is InChI=1S/C27H31N5O4/c1-19-5-3-6-24(20(19)2)30-25(33)17-36-23-9-7-22(8-10-23)32-16-21(15-26(32)34)27(35)29-11-4-13-31-14-12-28-18-31/h3,5-10,12,14,18,21H,4,11,13,15-17H2,1-2H3,(H,29,35)(H,30,33)/t21-/m0/s1. The molecule has 3 aromatic rings. The van der Waals surface area contributed by atoms with Gasteiger partial charge in [-0.25, -0.2) is 4.98 Å². The second-order valence-corrected chi connectivity index (χ2v) is 8.93. The third-order valence-corrected chi connectivity index (χ3v) is 6.34. The first-order chi connectivity index (χ1) is 17.4. The van der Waals surface area contributed by atoms with E-state index in [2.05, 4.69) is 15.6 Å². The molecule has 1 aromatic heterocycles. The first-order valence-corrected chi connectivity index (χ1v) is 12.0. The number of amides is 3. The SMILES string of the molecule is Cc1cccc(NC(=O)COc2ccc(N3C[C@@H](C(=O)NCCCn4ccnc4)CC3=O)cc2)c1C. The molecule has 0 spiro atoms. The van der Waals surface area contributed by atoms with Gasteiger partial charge >= 0.3 is 0 Å². The van der Waals surface area contributed by atoms with Gasteiger partial charge in [-0.15, -0.1) is 0 Å². The largest absolute Gasteiger partial charge is 0.484 e. The number of nitrogens with zero attached hydrogens (tertiary/aromatic N) is 3. The Hall–Kier alpha value is -4.14. The number of nitrogens with one attached hydrogen (secondary N) is 2. The van der Waals surface area contributed by atoms with Gasteiger partial charge in [0.25, 0.3) is 5.91 Å². The molecule has 0 saturated carbocycles. The summed E-state index contributed by atoms with van der Waals surface area (Å²) in [6, 6.07) is 12.7. The van der Waals surface area contributed by atoms with Crippen LogP contribution < -0.4 is 20.3 Å². The second-order valence-electron chi connectivity index (χ2n) is 8.93. The first kappa shape index (κ1) is 25.0. The van der Waals surface area contributed by atoms with Crippen LogP contribution in [0.15, 0.2) is 61.2 Å². The summed E-state index contributed by atoms with van der Waals surface area (Å²) in [5, 5.41) is 5.80. The van der Waals surface area contributed by atoms with Gasteiger partial charge in [-0.3, -0.25) is 14.4 Å². The third-order valence-electron chi connectivity index (χ3n) is 6.34. The Morgan fingerprint density at radius 2 is 1.94 bits per heavy atom. The smallest absolute Gasteiger partial charge is 0.262 e. The Balaban J connectivity index is 1.23. The van der Waals surface area contributed by atoms with Gasteiger partial charge in [0.15, 0.2) is 6.61 Å². The van der Waals surface area contributed by atoms with Crippen LogP contribution in [0.2, 0.25) is 0 Å². The molecule has 36 heavy (non-hydrogen) atoms. The lowest BCUT2D eigenvalue weighted by atomic mass is 10.1. The molecular formula is C27H31N5O4. The number of anilines is 2. The van der Waals surface area contributed by atoms with Crippen LogP contribution in [-0.2, 0) is 20.9 Å². The predicted molar refractivity (Wildman–Crippen MR) is 137 cm³/mol. The number of carbonyl (C=O) groups is 3. The average Bonchev–Trinajstić information content (AvgIpc) is 3.53. The summed E-state index contributed by atoms with van der Waals surface area (Å²) >= 11 is 0. The lowest BCUT2D eigenvalue weighted by Crippen LogP contribution is -2.33. The number of hydrogen-bond donors (Lipinski definition) is 2. The Labute approximate surface area is 210 Å². The van der Waals surface area contributed by atoms with Gasteiger partial charge in [0, 0.05) is 49.8 Å². The second kappa shape index (κ2) is 11.5. The highest BCUT2D eigenvalue weighted by Crippen LogP contribution is 2.27. The van der Waals surface area contributed by atoms with Crippen LogP contribution >= 0.6 is 0 Å². The molecular weight excluding hydrogens is 458 g/mol. The van der Waals surface area contributed by atoms with Crippen LogP contribution in [0.25, 0.3) is 0 Å². The molecule has 1 aliphatic heterocycles. The molecule has 0 bridgehead atoms.